The largest absolute Gasteiger partial charge is 0.160 e. The van der Waals surface area contributed by atoms with E-state index in [1.165, 1.54) is 140 Å². The van der Waals surface area contributed by atoms with Gasteiger partial charge in [-0.3, -0.25) is 0 Å². The molecule has 0 aromatic rings. The molecule has 8 fully saturated rings. The smallest absolute Gasteiger partial charge is 0.0467 e. The Labute approximate surface area is 246 Å². The molecule has 8 rings (SSSR count). The zero-order valence-electron chi connectivity index (χ0n) is 26.7. The Kier molecular flexibility index (Phi) is 6.34. The maximum atomic E-state index is 5.32. The summed E-state index contributed by atoms with van der Waals surface area (Å²) in [5.74, 6) is 7.68. The van der Waals surface area contributed by atoms with Gasteiger partial charge in [0, 0.05) is 22.3 Å². The second-order valence-electron chi connectivity index (χ2n) is 17.9. The van der Waals surface area contributed by atoms with Crippen molar-refractivity contribution in [1.82, 2.24) is 0 Å². The van der Waals surface area contributed by atoms with Crippen LogP contribution in [-0.4, -0.2) is 11.4 Å². The molecule has 0 aromatic heterocycles. The molecule has 0 spiro atoms. The van der Waals surface area contributed by atoms with E-state index in [4.69, 9.17) is 10.2 Å². The summed E-state index contributed by atoms with van der Waals surface area (Å²) in [4.78, 5) is 0. The van der Waals surface area contributed by atoms with Crippen molar-refractivity contribution in [2.24, 2.45) is 79.2 Å². The minimum absolute atomic E-state index is 0.327. The molecule has 40 heavy (non-hydrogen) atoms. The normalized spacial score (nSPS) is 57.5. The van der Waals surface area contributed by atoms with Gasteiger partial charge >= 0.3 is 0 Å². The van der Waals surface area contributed by atoms with E-state index in [0.29, 0.717) is 21.7 Å². The molecule has 0 saturated heterocycles. The van der Waals surface area contributed by atoms with Crippen molar-refractivity contribution < 1.29 is 0 Å². The number of rotatable bonds is 1. The molecule has 8 aliphatic rings. The average Bonchev–Trinajstić information content (AvgIpc) is 3.47. The predicted octanol–water partition coefficient (Wildman–Crippen LogP) is 10.6. The zero-order valence-corrected chi connectivity index (χ0v) is 26.7. The molecule has 2 nitrogen and oxygen atoms in total. The van der Waals surface area contributed by atoms with E-state index < -0.39 is 0 Å². The van der Waals surface area contributed by atoms with Gasteiger partial charge in [-0.15, -0.1) is 0 Å². The number of hydrogen-bond acceptors (Lipinski definition) is 2. The molecule has 0 aliphatic heterocycles. The summed E-state index contributed by atoms with van der Waals surface area (Å²) in [5.41, 5.74) is 4.96. The first-order valence-corrected chi connectivity index (χ1v) is 18.4. The van der Waals surface area contributed by atoms with Gasteiger partial charge in [0.05, 0.1) is 0 Å². The zero-order chi connectivity index (χ0) is 27.3. The predicted molar refractivity (Wildman–Crippen MR) is 168 cm³/mol. The molecular formula is C38H60N2. The molecule has 0 bridgehead atoms. The van der Waals surface area contributed by atoms with E-state index in [1.807, 2.05) is 0 Å². The molecule has 0 radical (unpaired) electrons. The standard InChI is InChI=1S/C38H60N2/c1-35-21-7-5-9-25(35)11-13-27-29-15-17-33(37(29,3)23-19-31(27)35)39-40-34-18-16-30-28-14-12-26-10-6-8-22-36(26,2)32(28)20-24-38(30,34)4/h25-32H,5-24H2,1-4H3/b39-33+,40-34+/t25-,26-,27-,28+,29-,30-,31-,32-,35+,36-,37+,38+/m1/s1. The van der Waals surface area contributed by atoms with Crippen LogP contribution in [0.3, 0.4) is 0 Å². The van der Waals surface area contributed by atoms with Crippen molar-refractivity contribution in [3.63, 3.8) is 0 Å². The number of nitrogens with zero attached hydrogens (tertiary/aromatic N) is 2. The lowest BCUT2D eigenvalue weighted by molar-refractivity contribution is -0.0938. The Morgan fingerprint density at radius 3 is 1.35 bits per heavy atom. The van der Waals surface area contributed by atoms with Crippen molar-refractivity contribution in [3.05, 3.63) is 0 Å². The summed E-state index contributed by atoms with van der Waals surface area (Å²) in [5, 5.41) is 10.6. The van der Waals surface area contributed by atoms with Gasteiger partial charge < -0.3 is 0 Å². The highest BCUT2D eigenvalue weighted by molar-refractivity contribution is 5.95. The molecule has 8 saturated carbocycles. The van der Waals surface area contributed by atoms with E-state index in [-0.39, 0.29) is 0 Å². The van der Waals surface area contributed by atoms with Gasteiger partial charge in [-0.05, 0) is 161 Å². The molecule has 8 aliphatic carbocycles. The highest BCUT2D eigenvalue weighted by atomic mass is 15.2. The van der Waals surface area contributed by atoms with Crippen LogP contribution in [0.2, 0.25) is 0 Å². The summed E-state index contributed by atoms with van der Waals surface area (Å²) >= 11 is 0. The van der Waals surface area contributed by atoms with Crippen molar-refractivity contribution >= 4 is 11.4 Å². The van der Waals surface area contributed by atoms with Crippen LogP contribution in [0.1, 0.15) is 156 Å². The van der Waals surface area contributed by atoms with E-state index in [0.717, 1.165) is 47.3 Å². The fourth-order valence-electron chi connectivity index (χ4n) is 14.6. The van der Waals surface area contributed by atoms with Gasteiger partial charge in [0.1, 0.15) is 0 Å². The van der Waals surface area contributed by atoms with Crippen LogP contribution < -0.4 is 0 Å². The van der Waals surface area contributed by atoms with E-state index in [1.54, 1.807) is 0 Å². The van der Waals surface area contributed by atoms with Gasteiger partial charge in [-0.2, -0.15) is 10.2 Å². The van der Waals surface area contributed by atoms with Crippen LogP contribution in [0.5, 0.6) is 0 Å². The highest BCUT2D eigenvalue weighted by Gasteiger charge is 2.61. The minimum atomic E-state index is 0.327. The summed E-state index contributed by atoms with van der Waals surface area (Å²) in [6.07, 6.45) is 29.0. The summed E-state index contributed by atoms with van der Waals surface area (Å²) in [6.45, 7) is 10.7. The van der Waals surface area contributed by atoms with Gasteiger partial charge in [0.25, 0.3) is 0 Å². The Balaban J connectivity index is 1.02. The van der Waals surface area contributed by atoms with Crippen molar-refractivity contribution in [3.8, 4) is 0 Å². The molecule has 222 valence electrons. The third kappa shape index (κ3) is 3.64. The quantitative estimate of drug-likeness (QED) is 0.293. The molecular weight excluding hydrogens is 484 g/mol. The minimum Gasteiger partial charge on any atom is -0.160 e. The van der Waals surface area contributed by atoms with E-state index in [2.05, 4.69) is 27.7 Å². The highest BCUT2D eigenvalue weighted by Crippen LogP contribution is 2.67. The fourth-order valence-corrected chi connectivity index (χ4v) is 14.6. The van der Waals surface area contributed by atoms with Crippen molar-refractivity contribution in [1.29, 1.82) is 0 Å². The van der Waals surface area contributed by atoms with Crippen LogP contribution in [0.4, 0.5) is 0 Å². The van der Waals surface area contributed by atoms with Crippen LogP contribution in [0, 0.1) is 69.0 Å². The van der Waals surface area contributed by atoms with Gasteiger partial charge in [-0.1, -0.05) is 53.4 Å². The molecule has 12 atom stereocenters. The van der Waals surface area contributed by atoms with E-state index in [9.17, 15) is 0 Å². The van der Waals surface area contributed by atoms with Crippen LogP contribution in [0.15, 0.2) is 10.2 Å². The Hall–Kier alpha value is -0.660. The molecule has 2 heteroatoms. The molecule has 0 aromatic carbocycles. The topological polar surface area (TPSA) is 24.7 Å². The lowest BCUT2D eigenvalue weighted by Gasteiger charge is -2.60. The third-order valence-electron chi connectivity index (χ3n) is 16.9. The van der Waals surface area contributed by atoms with Gasteiger partial charge in [0.15, 0.2) is 0 Å². The van der Waals surface area contributed by atoms with Crippen molar-refractivity contribution in [2.45, 2.75) is 156 Å². The first-order valence-electron chi connectivity index (χ1n) is 18.4. The van der Waals surface area contributed by atoms with E-state index >= 15 is 0 Å². The lowest BCUT2D eigenvalue weighted by Crippen LogP contribution is -2.53. The van der Waals surface area contributed by atoms with Crippen LogP contribution in [0.25, 0.3) is 0 Å². The second-order valence-corrected chi connectivity index (χ2v) is 17.9. The van der Waals surface area contributed by atoms with Crippen LogP contribution >= 0.6 is 0 Å². The summed E-state index contributed by atoms with van der Waals surface area (Å²) in [6, 6.07) is 0. The Morgan fingerprint density at radius 2 is 0.900 bits per heavy atom. The fraction of sp³-hybridized carbons (Fsp3) is 0.947. The molecule has 0 N–H and O–H groups in total. The molecule has 0 heterocycles. The molecule has 0 unspecified atom stereocenters. The third-order valence-corrected chi connectivity index (χ3v) is 16.9. The maximum Gasteiger partial charge on any atom is 0.0467 e. The maximum absolute atomic E-state index is 5.32. The number of fused-ring (bicyclic) bond motifs is 10. The monoisotopic (exact) mass is 544 g/mol. The average molecular weight is 545 g/mol. The summed E-state index contributed by atoms with van der Waals surface area (Å²) in [7, 11) is 0. The van der Waals surface area contributed by atoms with Gasteiger partial charge in [-0.25, -0.2) is 0 Å². The van der Waals surface area contributed by atoms with Gasteiger partial charge in [0.2, 0.25) is 0 Å². The van der Waals surface area contributed by atoms with Crippen LogP contribution in [-0.2, 0) is 0 Å². The second kappa shape index (κ2) is 9.42. The Morgan fingerprint density at radius 1 is 0.450 bits per heavy atom. The Bertz CT molecular complexity index is 989. The SMILES string of the molecule is C[C@]12CCCC[C@@H]1CC[C@H]1[C@H]2CC[C@]2(C)/C(=N/N=C3\CC[C@@H]4[C@@H]5CC[C@H]6CCCC[C@@]6(C)[C@@H]5CC[C@]34C)CC[C@H]12. The lowest BCUT2D eigenvalue weighted by atomic mass is 9.45. The first-order chi connectivity index (χ1) is 19.3. The van der Waals surface area contributed by atoms with Crippen molar-refractivity contribution in [2.75, 3.05) is 0 Å². The summed E-state index contributed by atoms with van der Waals surface area (Å²) < 4.78 is 0. The number of hydrogen-bond donors (Lipinski definition) is 0. The first kappa shape index (κ1) is 26.9. The molecule has 0 amide bonds.